The van der Waals surface area contributed by atoms with Gasteiger partial charge in [0.05, 0.1) is 0 Å². The van der Waals surface area contributed by atoms with Gasteiger partial charge in [0.1, 0.15) is 0 Å². The van der Waals surface area contributed by atoms with E-state index in [1.165, 1.54) is 44.3 Å². The number of hydrogen-bond acceptors (Lipinski definition) is 3. The Bertz CT molecular complexity index is 406. The van der Waals surface area contributed by atoms with Gasteiger partial charge in [-0.05, 0) is 57.8 Å². The molecule has 1 unspecified atom stereocenters. The first-order valence-electron chi connectivity index (χ1n) is 7.44. The van der Waals surface area contributed by atoms with Crippen LogP contribution in [0.15, 0.2) is 18.5 Å². The average molecular weight is 261 g/mol. The molecular weight excluding hydrogens is 234 g/mol. The smallest absolute Gasteiger partial charge is 0.0492 e. The summed E-state index contributed by atoms with van der Waals surface area (Å²) >= 11 is 0. The maximum absolute atomic E-state index is 6.54. The van der Waals surface area contributed by atoms with E-state index in [4.69, 9.17) is 5.73 Å². The summed E-state index contributed by atoms with van der Waals surface area (Å²) in [5.74, 6) is 0. The van der Waals surface area contributed by atoms with Crippen LogP contribution in [0.2, 0.25) is 0 Å². The Balaban J connectivity index is 2.17. The largest absolute Gasteiger partial charge is 0.322 e. The van der Waals surface area contributed by atoms with Crippen LogP contribution in [0, 0.1) is 6.92 Å². The molecule has 2 rings (SSSR count). The van der Waals surface area contributed by atoms with Crippen LogP contribution in [0.1, 0.15) is 56.7 Å². The van der Waals surface area contributed by atoms with Gasteiger partial charge < -0.3 is 5.73 Å². The molecule has 0 spiro atoms. The Morgan fingerprint density at radius 3 is 2.37 bits per heavy atom. The molecule has 1 saturated heterocycles. The second-order valence-electron chi connectivity index (χ2n) is 6.33. The predicted molar refractivity (Wildman–Crippen MR) is 80.0 cm³/mol. The van der Waals surface area contributed by atoms with Crippen molar-refractivity contribution < 1.29 is 0 Å². The molecule has 0 radical (unpaired) electrons. The number of aryl methyl sites for hydroxylation is 1. The topological polar surface area (TPSA) is 42.1 Å². The van der Waals surface area contributed by atoms with Crippen molar-refractivity contribution in [3.63, 3.8) is 0 Å². The minimum atomic E-state index is -0.0141. The average Bonchev–Trinajstić information content (AvgIpc) is 2.67. The van der Waals surface area contributed by atoms with E-state index in [2.05, 4.69) is 36.7 Å². The number of pyridine rings is 1. The molecule has 1 aliphatic rings. The summed E-state index contributed by atoms with van der Waals surface area (Å²) < 4.78 is 0. The molecule has 0 saturated carbocycles. The number of likely N-dealkylation sites (tertiary alicyclic amines) is 1. The number of nitrogens with zero attached hydrogens (tertiary/aromatic N) is 2. The van der Waals surface area contributed by atoms with Gasteiger partial charge >= 0.3 is 0 Å². The Morgan fingerprint density at radius 1 is 1.16 bits per heavy atom. The fraction of sp³-hybridized carbons (Fsp3) is 0.688. The SMILES string of the molecule is Cc1cncc(C(N)C(C)(C)N2CCCCCC2)c1. The zero-order valence-corrected chi connectivity index (χ0v) is 12.5. The summed E-state index contributed by atoms with van der Waals surface area (Å²) in [4.78, 5) is 6.85. The molecule has 1 atom stereocenters. The van der Waals surface area contributed by atoms with Crippen LogP contribution < -0.4 is 5.73 Å². The first-order chi connectivity index (χ1) is 9.01. The minimum absolute atomic E-state index is 0.0120. The van der Waals surface area contributed by atoms with Crippen LogP contribution >= 0.6 is 0 Å². The van der Waals surface area contributed by atoms with Crippen molar-refractivity contribution >= 4 is 0 Å². The highest BCUT2D eigenvalue weighted by atomic mass is 15.2. The van der Waals surface area contributed by atoms with Gasteiger partial charge in [0.25, 0.3) is 0 Å². The van der Waals surface area contributed by atoms with Crippen molar-refractivity contribution in [3.8, 4) is 0 Å². The zero-order chi connectivity index (χ0) is 13.9. The molecule has 1 aromatic rings. The lowest BCUT2D eigenvalue weighted by Gasteiger charge is -2.42. The van der Waals surface area contributed by atoms with Crippen molar-refractivity contribution in [2.24, 2.45) is 5.73 Å². The maximum Gasteiger partial charge on any atom is 0.0492 e. The van der Waals surface area contributed by atoms with Crippen LogP contribution in [0.5, 0.6) is 0 Å². The van der Waals surface area contributed by atoms with Gasteiger partial charge in [-0.3, -0.25) is 9.88 Å². The van der Waals surface area contributed by atoms with E-state index in [1.54, 1.807) is 0 Å². The number of aromatic nitrogens is 1. The molecule has 0 aliphatic carbocycles. The molecule has 0 amide bonds. The second-order valence-corrected chi connectivity index (χ2v) is 6.33. The van der Waals surface area contributed by atoms with E-state index in [-0.39, 0.29) is 11.6 Å². The molecular formula is C16H27N3. The first-order valence-corrected chi connectivity index (χ1v) is 7.44. The van der Waals surface area contributed by atoms with E-state index < -0.39 is 0 Å². The highest BCUT2D eigenvalue weighted by Crippen LogP contribution is 2.31. The molecule has 3 nitrogen and oxygen atoms in total. The number of hydrogen-bond donors (Lipinski definition) is 1. The highest BCUT2D eigenvalue weighted by molar-refractivity contribution is 5.23. The van der Waals surface area contributed by atoms with E-state index >= 15 is 0 Å². The quantitative estimate of drug-likeness (QED) is 0.909. The molecule has 3 heteroatoms. The van der Waals surface area contributed by atoms with Crippen LogP contribution in [0.25, 0.3) is 0 Å². The molecule has 1 aliphatic heterocycles. The molecule has 19 heavy (non-hydrogen) atoms. The van der Waals surface area contributed by atoms with Crippen LogP contribution in [-0.4, -0.2) is 28.5 Å². The third-order valence-electron chi connectivity index (χ3n) is 4.44. The zero-order valence-electron chi connectivity index (χ0n) is 12.5. The molecule has 1 fully saturated rings. The fourth-order valence-electron chi connectivity index (χ4n) is 3.00. The normalized spacial score (nSPS) is 20.0. The predicted octanol–water partition coefficient (Wildman–Crippen LogP) is 3.04. The van der Waals surface area contributed by atoms with Gasteiger partial charge in [-0.2, -0.15) is 0 Å². The monoisotopic (exact) mass is 261 g/mol. The fourth-order valence-corrected chi connectivity index (χ4v) is 3.00. The van der Waals surface area contributed by atoms with Crippen molar-refractivity contribution in [1.82, 2.24) is 9.88 Å². The highest BCUT2D eigenvalue weighted by Gasteiger charge is 2.34. The van der Waals surface area contributed by atoms with Crippen LogP contribution in [-0.2, 0) is 0 Å². The molecule has 0 bridgehead atoms. The summed E-state index contributed by atoms with van der Waals surface area (Å²) in [5.41, 5.74) is 8.86. The Kier molecular flexibility index (Phi) is 4.58. The van der Waals surface area contributed by atoms with E-state index in [0.29, 0.717) is 0 Å². The van der Waals surface area contributed by atoms with Crippen molar-refractivity contribution in [1.29, 1.82) is 0 Å². The van der Waals surface area contributed by atoms with E-state index in [9.17, 15) is 0 Å². The lowest BCUT2D eigenvalue weighted by molar-refractivity contribution is 0.0979. The summed E-state index contributed by atoms with van der Waals surface area (Å²) in [6.45, 7) is 8.94. The lowest BCUT2D eigenvalue weighted by atomic mass is 9.87. The van der Waals surface area contributed by atoms with Gasteiger partial charge in [0, 0.05) is 24.0 Å². The van der Waals surface area contributed by atoms with Gasteiger partial charge in [0.15, 0.2) is 0 Å². The number of rotatable bonds is 3. The molecule has 106 valence electrons. The third-order valence-corrected chi connectivity index (χ3v) is 4.44. The maximum atomic E-state index is 6.54. The Labute approximate surface area is 117 Å². The van der Waals surface area contributed by atoms with E-state index in [1.807, 2.05) is 12.4 Å². The Morgan fingerprint density at radius 2 is 1.79 bits per heavy atom. The van der Waals surface area contributed by atoms with E-state index in [0.717, 1.165) is 5.56 Å². The van der Waals surface area contributed by atoms with Gasteiger partial charge in [-0.1, -0.05) is 18.9 Å². The summed E-state index contributed by atoms with van der Waals surface area (Å²) in [7, 11) is 0. The van der Waals surface area contributed by atoms with Gasteiger partial charge in [0.2, 0.25) is 0 Å². The Hall–Kier alpha value is -0.930. The van der Waals surface area contributed by atoms with Gasteiger partial charge in [-0.15, -0.1) is 0 Å². The first kappa shape index (κ1) is 14.5. The molecule has 1 aromatic heterocycles. The van der Waals surface area contributed by atoms with Gasteiger partial charge in [-0.25, -0.2) is 0 Å². The minimum Gasteiger partial charge on any atom is -0.322 e. The van der Waals surface area contributed by atoms with Crippen molar-refractivity contribution in [3.05, 3.63) is 29.6 Å². The summed E-state index contributed by atoms with van der Waals surface area (Å²) in [5, 5.41) is 0. The van der Waals surface area contributed by atoms with Crippen LogP contribution in [0.3, 0.4) is 0 Å². The lowest BCUT2D eigenvalue weighted by Crippen LogP contribution is -2.51. The molecule has 2 N–H and O–H groups in total. The molecule has 2 heterocycles. The second kappa shape index (κ2) is 6.02. The third kappa shape index (κ3) is 3.34. The standard InChI is InChI=1S/C16H27N3/c1-13-10-14(12-18-11-13)15(17)16(2,3)19-8-6-4-5-7-9-19/h10-12,15H,4-9,17H2,1-3H3. The van der Waals surface area contributed by atoms with Crippen molar-refractivity contribution in [2.45, 2.75) is 58.0 Å². The summed E-state index contributed by atoms with van der Waals surface area (Å²) in [6, 6.07) is 2.18. The van der Waals surface area contributed by atoms with Crippen LogP contribution in [0.4, 0.5) is 0 Å². The molecule has 0 aromatic carbocycles. The summed E-state index contributed by atoms with van der Waals surface area (Å²) in [6.07, 6.45) is 9.10. The van der Waals surface area contributed by atoms with Crippen molar-refractivity contribution in [2.75, 3.05) is 13.1 Å². The number of nitrogens with two attached hydrogens (primary N) is 1.